The number of rotatable bonds is 4. The maximum absolute atomic E-state index is 11.8. The van der Waals surface area contributed by atoms with Crippen LogP contribution in [0.15, 0.2) is 28.3 Å². The predicted molar refractivity (Wildman–Crippen MR) is 106 cm³/mol. The summed E-state index contributed by atoms with van der Waals surface area (Å²) in [5, 5.41) is 5.29. The molecule has 1 saturated heterocycles. The maximum Gasteiger partial charge on any atom is 0.232 e. The molecular formula is C17H22N4O3S2. The Morgan fingerprint density at radius 2 is 2.35 bits per heavy atom. The van der Waals surface area contributed by atoms with Crippen molar-refractivity contribution in [2.45, 2.75) is 25.4 Å². The monoisotopic (exact) mass is 394 g/mol. The molecule has 7 nitrogen and oxygen atoms in total. The van der Waals surface area contributed by atoms with Gasteiger partial charge in [-0.3, -0.25) is 14.7 Å². The molecule has 1 aromatic carbocycles. The molecule has 0 saturated carbocycles. The zero-order chi connectivity index (χ0) is 18.1. The number of benzene rings is 1. The molecule has 1 aromatic rings. The molecule has 1 N–H and O–H groups in total. The van der Waals surface area contributed by atoms with Gasteiger partial charge in [0.1, 0.15) is 0 Å². The van der Waals surface area contributed by atoms with Gasteiger partial charge in [-0.1, -0.05) is 17.8 Å². The van der Waals surface area contributed by atoms with Gasteiger partial charge in [0.25, 0.3) is 0 Å². The van der Waals surface area contributed by atoms with Gasteiger partial charge in [0.15, 0.2) is 5.17 Å². The van der Waals surface area contributed by atoms with Gasteiger partial charge in [-0.15, -0.1) is 0 Å². The summed E-state index contributed by atoms with van der Waals surface area (Å²) in [6.07, 6.45) is 4.42. The number of hydrogen-bond donors (Lipinski definition) is 1. The van der Waals surface area contributed by atoms with Crippen molar-refractivity contribution in [2.75, 3.05) is 36.0 Å². The molecule has 1 atom stereocenters. The van der Waals surface area contributed by atoms with Gasteiger partial charge in [-0.05, 0) is 42.5 Å². The number of nitrogens with one attached hydrogen (secondary N) is 1. The third-order valence-electron chi connectivity index (χ3n) is 4.76. The molecule has 9 heteroatoms. The number of hydrazone groups is 1. The van der Waals surface area contributed by atoms with Crippen LogP contribution in [-0.4, -0.2) is 57.1 Å². The fourth-order valence-corrected chi connectivity index (χ4v) is 5.15. The molecule has 0 unspecified atom stereocenters. The van der Waals surface area contributed by atoms with Crippen LogP contribution in [-0.2, 0) is 21.2 Å². The zero-order valence-corrected chi connectivity index (χ0v) is 16.3. The Bertz CT molecular complexity index is 861. The molecule has 0 spiro atoms. The van der Waals surface area contributed by atoms with Gasteiger partial charge in [0, 0.05) is 18.9 Å². The van der Waals surface area contributed by atoms with Crippen molar-refractivity contribution in [3.8, 4) is 0 Å². The molecule has 3 heterocycles. The standard InChI is InChI=1S/C17H22N4O3S2/c1-26(22,23)21-7-6-13-9-12(4-5-16(13)21)15-11-25-17(20-19-15)18-10-14-3-2-8-24-14/h4-5,9,14H,2-3,6-8,10-11H2,1H3,(H,18,20)/t14-/m1/s1. The lowest BCUT2D eigenvalue weighted by molar-refractivity contribution is 0.118. The first kappa shape index (κ1) is 17.8. The number of sulfonamides is 1. The number of aliphatic imine (C=N–C) groups is 1. The lowest BCUT2D eigenvalue weighted by Gasteiger charge is -2.18. The fraction of sp³-hybridized carbons (Fsp3) is 0.529. The highest BCUT2D eigenvalue weighted by Crippen LogP contribution is 2.31. The average Bonchev–Trinajstić information content (AvgIpc) is 3.29. The summed E-state index contributed by atoms with van der Waals surface area (Å²) in [5.41, 5.74) is 6.85. The Balaban J connectivity index is 1.45. The van der Waals surface area contributed by atoms with Crippen LogP contribution in [0, 0.1) is 0 Å². The van der Waals surface area contributed by atoms with E-state index in [1.54, 1.807) is 11.8 Å². The number of fused-ring (bicyclic) bond motifs is 1. The van der Waals surface area contributed by atoms with Crippen LogP contribution < -0.4 is 9.73 Å². The molecule has 140 valence electrons. The minimum absolute atomic E-state index is 0.241. The first-order chi connectivity index (χ1) is 12.5. The lowest BCUT2D eigenvalue weighted by atomic mass is 10.1. The highest BCUT2D eigenvalue weighted by molar-refractivity contribution is 8.14. The van der Waals surface area contributed by atoms with Gasteiger partial charge >= 0.3 is 0 Å². The third kappa shape index (κ3) is 3.74. The first-order valence-electron chi connectivity index (χ1n) is 8.73. The molecule has 0 radical (unpaired) electrons. The first-order valence-corrected chi connectivity index (χ1v) is 11.6. The highest BCUT2D eigenvalue weighted by atomic mass is 32.2. The van der Waals surface area contributed by atoms with Gasteiger partial charge < -0.3 is 4.74 Å². The Morgan fingerprint density at radius 3 is 3.04 bits per heavy atom. The number of hydrogen-bond acceptors (Lipinski definition) is 6. The van der Waals surface area contributed by atoms with Crippen LogP contribution in [0.2, 0.25) is 0 Å². The van der Waals surface area contributed by atoms with Crippen molar-refractivity contribution in [1.82, 2.24) is 5.43 Å². The van der Waals surface area contributed by atoms with E-state index >= 15 is 0 Å². The molecule has 0 amide bonds. The molecule has 3 aliphatic heterocycles. The Kier molecular flexibility index (Phi) is 4.94. The van der Waals surface area contributed by atoms with E-state index in [1.165, 1.54) is 10.6 Å². The summed E-state index contributed by atoms with van der Waals surface area (Å²) < 4.78 is 30.7. The third-order valence-corrected chi connectivity index (χ3v) is 6.85. The predicted octanol–water partition coefficient (Wildman–Crippen LogP) is 1.58. The summed E-state index contributed by atoms with van der Waals surface area (Å²) >= 11 is 1.63. The normalized spacial score (nSPS) is 24.5. The van der Waals surface area contributed by atoms with E-state index in [2.05, 4.69) is 21.6 Å². The topological polar surface area (TPSA) is 83.4 Å². The van der Waals surface area contributed by atoms with Crippen LogP contribution in [0.5, 0.6) is 0 Å². The van der Waals surface area contributed by atoms with Crippen molar-refractivity contribution < 1.29 is 13.2 Å². The van der Waals surface area contributed by atoms with Gasteiger partial charge in [-0.2, -0.15) is 5.10 Å². The summed E-state index contributed by atoms with van der Waals surface area (Å²) in [6, 6.07) is 5.88. The number of ether oxygens (including phenoxy) is 1. The van der Waals surface area contributed by atoms with Crippen LogP contribution in [0.1, 0.15) is 24.0 Å². The van der Waals surface area contributed by atoms with E-state index in [4.69, 9.17) is 4.74 Å². The number of anilines is 1. The quantitative estimate of drug-likeness (QED) is 0.838. The molecule has 1 fully saturated rings. The van der Waals surface area contributed by atoms with Crippen LogP contribution in [0.3, 0.4) is 0 Å². The summed E-state index contributed by atoms with van der Waals surface area (Å²) in [5.74, 6) is 0.742. The van der Waals surface area contributed by atoms with Crippen LogP contribution >= 0.6 is 11.8 Å². The molecule has 3 aliphatic rings. The average molecular weight is 395 g/mol. The van der Waals surface area contributed by atoms with Crippen LogP contribution in [0.4, 0.5) is 5.69 Å². The van der Waals surface area contributed by atoms with E-state index in [0.29, 0.717) is 13.1 Å². The van der Waals surface area contributed by atoms with E-state index in [-0.39, 0.29) is 6.10 Å². The van der Waals surface area contributed by atoms with Crippen molar-refractivity contribution >= 4 is 38.4 Å². The van der Waals surface area contributed by atoms with Crippen molar-refractivity contribution in [1.29, 1.82) is 0 Å². The molecule has 0 bridgehead atoms. The SMILES string of the molecule is CS(=O)(=O)N1CCc2cc(C3=NNC(=NC[C@H]4CCCO4)SC3)ccc21. The smallest absolute Gasteiger partial charge is 0.232 e. The Hall–Kier alpha value is -1.58. The van der Waals surface area contributed by atoms with Crippen molar-refractivity contribution in [3.63, 3.8) is 0 Å². The van der Waals surface area contributed by atoms with E-state index in [9.17, 15) is 8.42 Å². The minimum atomic E-state index is -3.21. The number of amidine groups is 1. The number of thioether (sulfide) groups is 1. The largest absolute Gasteiger partial charge is 0.376 e. The van der Waals surface area contributed by atoms with Gasteiger partial charge in [0.05, 0.1) is 30.3 Å². The summed E-state index contributed by atoms with van der Waals surface area (Å²) in [4.78, 5) is 4.55. The van der Waals surface area contributed by atoms with E-state index in [0.717, 1.165) is 59.3 Å². The van der Waals surface area contributed by atoms with E-state index in [1.807, 2.05) is 12.1 Å². The maximum atomic E-state index is 11.8. The highest BCUT2D eigenvalue weighted by Gasteiger charge is 2.27. The fourth-order valence-electron chi connectivity index (χ4n) is 3.41. The second kappa shape index (κ2) is 7.21. The second-order valence-corrected chi connectivity index (χ2v) is 9.54. The summed E-state index contributed by atoms with van der Waals surface area (Å²) in [6.45, 7) is 2.03. The molecule has 26 heavy (non-hydrogen) atoms. The second-order valence-electron chi connectivity index (χ2n) is 6.67. The lowest BCUT2D eigenvalue weighted by Crippen LogP contribution is -2.27. The molecular weight excluding hydrogens is 372 g/mol. The van der Waals surface area contributed by atoms with Crippen LogP contribution in [0.25, 0.3) is 0 Å². The van der Waals surface area contributed by atoms with Gasteiger partial charge in [0.2, 0.25) is 10.0 Å². The minimum Gasteiger partial charge on any atom is -0.376 e. The van der Waals surface area contributed by atoms with Crippen molar-refractivity contribution in [2.24, 2.45) is 10.1 Å². The summed E-state index contributed by atoms with van der Waals surface area (Å²) in [7, 11) is -3.21. The Morgan fingerprint density at radius 1 is 1.46 bits per heavy atom. The molecule has 4 rings (SSSR count). The molecule has 0 aliphatic carbocycles. The van der Waals surface area contributed by atoms with Gasteiger partial charge in [-0.25, -0.2) is 8.42 Å². The van der Waals surface area contributed by atoms with E-state index < -0.39 is 10.0 Å². The van der Waals surface area contributed by atoms with Crippen molar-refractivity contribution in [3.05, 3.63) is 29.3 Å². The molecule has 0 aromatic heterocycles. The Labute approximate surface area is 157 Å². The number of nitrogens with zero attached hydrogens (tertiary/aromatic N) is 3. The zero-order valence-electron chi connectivity index (χ0n) is 14.6.